The van der Waals surface area contributed by atoms with Crippen LogP contribution in [0.5, 0.6) is 5.75 Å². The van der Waals surface area contributed by atoms with E-state index in [2.05, 4.69) is 10.6 Å². The average Bonchev–Trinajstić information content (AvgIpc) is 2.25. The van der Waals surface area contributed by atoms with Gasteiger partial charge in [-0.2, -0.15) is 0 Å². The largest absolute Gasteiger partial charge is 0.482 e. The van der Waals surface area contributed by atoms with Gasteiger partial charge in [0.1, 0.15) is 11.6 Å². The molecule has 1 aliphatic heterocycles. The van der Waals surface area contributed by atoms with Gasteiger partial charge in [0.25, 0.3) is 5.91 Å². The van der Waals surface area contributed by atoms with Crippen LogP contribution in [0.25, 0.3) is 0 Å². The summed E-state index contributed by atoms with van der Waals surface area (Å²) in [7, 11) is 0. The van der Waals surface area contributed by atoms with E-state index < -0.39 is 5.82 Å². The van der Waals surface area contributed by atoms with Crippen LogP contribution >= 0.6 is 24.0 Å². The maximum absolute atomic E-state index is 12.8. The van der Waals surface area contributed by atoms with Crippen LogP contribution < -0.4 is 15.4 Å². The van der Waals surface area contributed by atoms with Crippen molar-refractivity contribution in [2.75, 3.05) is 26.2 Å². The van der Waals surface area contributed by atoms with Gasteiger partial charge >= 0.3 is 0 Å². The Bertz CT molecular complexity index is 442. The Hall–Kier alpha value is -1.04. The van der Waals surface area contributed by atoms with Gasteiger partial charge in [-0.25, -0.2) is 4.39 Å². The maximum Gasteiger partial charge on any atom is 0.257 e. The number of ether oxygens (including phenoxy) is 1. The quantitative estimate of drug-likeness (QED) is 0.869. The van der Waals surface area contributed by atoms with E-state index in [4.69, 9.17) is 16.3 Å². The van der Waals surface area contributed by atoms with Crippen LogP contribution in [0.2, 0.25) is 5.02 Å². The highest BCUT2D eigenvalue weighted by atomic mass is 35.5. The minimum atomic E-state index is -0.436. The Labute approximate surface area is 122 Å². The molecule has 7 heteroatoms. The van der Waals surface area contributed by atoms with Gasteiger partial charge in [-0.1, -0.05) is 11.6 Å². The highest BCUT2D eigenvalue weighted by Crippen LogP contribution is 2.24. The zero-order valence-electron chi connectivity index (χ0n) is 10.1. The second-order valence-electron chi connectivity index (χ2n) is 4.19. The van der Waals surface area contributed by atoms with Crippen molar-refractivity contribution in [2.45, 2.75) is 0 Å². The first kappa shape index (κ1) is 16.0. The molecule has 1 aromatic rings. The Morgan fingerprint density at radius 1 is 1.53 bits per heavy atom. The van der Waals surface area contributed by atoms with Crippen LogP contribution in [-0.4, -0.2) is 32.1 Å². The molecule has 0 unspecified atom stereocenters. The van der Waals surface area contributed by atoms with Crippen molar-refractivity contribution in [3.05, 3.63) is 29.0 Å². The molecule has 2 N–H and O–H groups in total. The number of carbonyl (C=O) groups excluding carboxylic acids is 1. The van der Waals surface area contributed by atoms with E-state index >= 15 is 0 Å². The van der Waals surface area contributed by atoms with E-state index in [0.29, 0.717) is 18.2 Å². The van der Waals surface area contributed by atoms with Gasteiger partial charge in [-0.3, -0.25) is 4.79 Å². The minimum Gasteiger partial charge on any atom is -0.482 e. The van der Waals surface area contributed by atoms with E-state index in [1.165, 1.54) is 12.1 Å². The van der Waals surface area contributed by atoms with E-state index in [1.54, 1.807) is 0 Å². The third-order valence-corrected chi connectivity index (χ3v) is 3.00. The third kappa shape index (κ3) is 4.86. The summed E-state index contributed by atoms with van der Waals surface area (Å²) in [4.78, 5) is 11.5. The average molecular weight is 309 g/mol. The molecule has 0 aromatic heterocycles. The fourth-order valence-electron chi connectivity index (χ4n) is 1.54. The number of hydrogen-bond acceptors (Lipinski definition) is 3. The summed E-state index contributed by atoms with van der Waals surface area (Å²) in [6.07, 6.45) is 0. The molecular formula is C12H15Cl2FN2O2. The fourth-order valence-corrected chi connectivity index (χ4v) is 1.76. The maximum atomic E-state index is 12.8. The molecule has 1 amide bonds. The van der Waals surface area contributed by atoms with Gasteiger partial charge in [0.2, 0.25) is 0 Å². The lowest BCUT2D eigenvalue weighted by molar-refractivity contribution is -0.123. The SMILES string of the molecule is Cl.O=C(COc1ccc(F)cc1Cl)NCC1CNC1. The molecule has 106 valence electrons. The second kappa shape index (κ2) is 7.53. The van der Waals surface area contributed by atoms with Gasteiger partial charge in [-0.15, -0.1) is 12.4 Å². The van der Waals surface area contributed by atoms with Gasteiger partial charge in [-0.05, 0) is 18.2 Å². The second-order valence-corrected chi connectivity index (χ2v) is 4.60. The van der Waals surface area contributed by atoms with Crippen LogP contribution in [0.15, 0.2) is 18.2 Å². The molecule has 0 bridgehead atoms. The number of carbonyl (C=O) groups is 1. The van der Waals surface area contributed by atoms with Crippen molar-refractivity contribution in [1.82, 2.24) is 10.6 Å². The highest BCUT2D eigenvalue weighted by molar-refractivity contribution is 6.32. The molecule has 0 atom stereocenters. The van der Waals surface area contributed by atoms with Crippen LogP contribution in [0.1, 0.15) is 0 Å². The van der Waals surface area contributed by atoms with Crippen LogP contribution in [0.3, 0.4) is 0 Å². The summed E-state index contributed by atoms with van der Waals surface area (Å²) in [6, 6.07) is 3.79. The van der Waals surface area contributed by atoms with Gasteiger partial charge in [0, 0.05) is 25.6 Å². The molecule has 1 saturated heterocycles. The first-order valence-electron chi connectivity index (χ1n) is 5.70. The van der Waals surface area contributed by atoms with Crippen molar-refractivity contribution < 1.29 is 13.9 Å². The van der Waals surface area contributed by atoms with Crippen molar-refractivity contribution >= 4 is 29.9 Å². The van der Waals surface area contributed by atoms with Crippen molar-refractivity contribution in [3.63, 3.8) is 0 Å². The predicted molar refractivity (Wildman–Crippen MR) is 73.5 cm³/mol. The van der Waals surface area contributed by atoms with Crippen LogP contribution in [0.4, 0.5) is 4.39 Å². The smallest absolute Gasteiger partial charge is 0.257 e. The summed E-state index contributed by atoms with van der Waals surface area (Å²) in [5, 5.41) is 6.04. The molecule has 19 heavy (non-hydrogen) atoms. The summed E-state index contributed by atoms with van der Waals surface area (Å²) in [5.41, 5.74) is 0. The van der Waals surface area contributed by atoms with Crippen molar-refractivity contribution in [3.8, 4) is 5.75 Å². The highest BCUT2D eigenvalue weighted by Gasteiger charge is 2.17. The number of amides is 1. The molecule has 4 nitrogen and oxygen atoms in total. The Balaban J connectivity index is 0.00000180. The molecule has 1 heterocycles. The summed E-state index contributed by atoms with van der Waals surface area (Å²) in [6.45, 7) is 2.40. The first-order valence-corrected chi connectivity index (χ1v) is 6.08. The zero-order chi connectivity index (χ0) is 13.0. The lowest BCUT2D eigenvalue weighted by Gasteiger charge is -2.27. The molecule has 2 rings (SSSR count). The lowest BCUT2D eigenvalue weighted by Crippen LogP contribution is -2.48. The van der Waals surface area contributed by atoms with Gasteiger partial charge in [0.05, 0.1) is 5.02 Å². The lowest BCUT2D eigenvalue weighted by atomic mass is 10.0. The number of rotatable bonds is 5. The number of hydrogen-bond donors (Lipinski definition) is 2. The number of halogens is 3. The third-order valence-electron chi connectivity index (χ3n) is 2.71. The summed E-state index contributed by atoms with van der Waals surface area (Å²) < 4.78 is 18.0. The molecule has 1 fully saturated rings. The van der Waals surface area contributed by atoms with Crippen molar-refractivity contribution in [1.29, 1.82) is 0 Å². The van der Waals surface area contributed by atoms with E-state index in [-0.39, 0.29) is 29.9 Å². The standard InChI is InChI=1S/C12H14ClFN2O2.ClH/c13-10-3-9(14)1-2-11(10)18-7-12(17)16-6-8-4-15-5-8;/h1-3,8,15H,4-7H2,(H,16,17);1H. The van der Waals surface area contributed by atoms with E-state index in [9.17, 15) is 9.18 Å². The van der Waals surface area contributed by atoms with Crippen LogP contribution in [0, 0.1) is 11.7 Å². The predicted octanol–water partition coefficient (Wildman–Crippen LogP) is 1.62. The monoisotopic (exact) mass is 308 g/mol. The summed E-state index contributed by atoms with van der Waals surface area (Å²) in [5.74, 6) is 0.165. The zero-order valence-corrected chi connectivity index (χ0v) is 11.7. The Kier molecular flexibility index (Phi) is 6.34. The van der Waals surface area contributed by atoms with E-state index in [0.717, 1.165) is 19.2 Å². The number of nitrogens with one attached hydrogen (secondary N) is 2. The Morgan fingerprint density at radius 2 is 2.26 bits per heavy atom. The molecular weight excluding hydrogens is 294 g/mol. The van der Waals surface area contributed by atoms with E-state index in [1.807, 2.05) is 0 Å². The first-order chi connectivity index (χ1) is 8.65. The Morgan fingerprint density at radius 3 is 2.84 bits per heavy atom. The normalized spacial score (nSPS) is 14.2. The molecule has 0 aliphatic carbocycles. The summed E-state index contributed by atoms with van der Waals surface area (Å²) >= 11 is 5.77. The number of benzene rings is 1. The topological polar surface area (TPSA) is 50.4 Å². The van der Waals surface area contributed by atoms with Gasteiger partial charge < -0.3 is 15.4 Å². The molecule has 0 saturated carbocycles. The van der Waals surface area contributed by atoms with Crippen molar-refractivity contribution in [2.24, 2.45) is 5.92 Å². The molecule has 1 aromatic carbocycles. The van der Waals surface area contributed by atoms with Crippen LogP contribution in [-0.2, 0) is 4.79 Å². The minimum absolute atomic E-state index is 0. The molecule has 1 aliphatic rings. The van der Waals surface area contributed by atoms with Gasteiger partial charge in [0.15, 0.2) is 6.61 Å². The molecule has 0 spiro atoms. The molecule has 0 radical (unpaired) electrons. The fraction of sp³-hybridized carbons (Fsp3) is 0.417.